The highest BCUT2D eigenvalue weighted by molar-refractivity contribution is 9.26. The van der Waals surface area contributed by atoms with Crippen LogP contribution in [0.3, 0.4) is 0 Å². The number of fused-ring (bicyclic) bond motifs is 2. The molecule has 0 aromatic heterocycles. The molecule has 0 fully saturated rings. The van der Waals surface area contributed by atoms with Crippen LogP contribution in [0.5, 0.6) is 0 Å². The van der Waals surface area contributed by atoms with Gasteiger partial charge in [0.15, 0.2) is 17.0 Å². The lowest BCUT2D eigenvalue weighted by Crippen LogP contribution is -2.50. The van der Waals surface area contributed by atoms with Crippen LogP contribution in [0.2, 0.25) is 0 Å². The number of Topliss-reactive ketones (excluding diaryl/α,β-unsaturated/α-hetero) is 2. The normalized spacial score (nSPS) is 22.3. The first-order valence-corrected chi connectivity index (χ1v) is 9.99. The molecule has 116 valence electrons. The molecule has 2 aliphatic carbocycles. The molecule has 0 saturated carbocycles. The Labute approximate surface area is 166 Å². The number of rotatable bonds is 0. The Morgan fingerprint density at radius 3 is 1.30 bits per heavy atom. The van der Waals surface area contributed by atoms with Crippen molar-refractivity contribution >= 4 is 75.3 Å². The average Bonchev–Trinajstić information content (AvgIpc) is 2.83. The minimum Gasteiger partial charge on any atom is -0.293 e. The van der Waals surface area contributed by atoms with E-state index < -0.39 is 11.9 Å². The Balaban J connectivity index is 2.12. The van der Waals surface area contributed by atoms with E-state index in [4.69, 9.17) is 0 Å². The van der Waals surface area contributed by atoms with Crippen molar-refractivity contribution < 1.29 is 9.59 Å². The van der Waals surface area contributed by atoms with Gasteiger partial charge in [0.25, 0.3) is 0 Å². The van der Waals surface area contributed by atoms with E-state index in [1.54, 1.807) is 12.1 Å². The summed E-state index contributed by atoms with van der Waals surface area (Å²) in [6, 6.07) is 14.6. The lowest BCUT2D eigenvalue weighted by molar-refractivity contribution is 0.0682. The standard InChI is InChI=1S/C17H8Br4O2/c18-16(19)11-7-3-1-5-9(11)13(22)15(16)14(23)10-6-2-4-8-12(10)17(15,20)21/h1-8H. The first-order chi connectivity index (χ1) is 10.8. The SMILES string of the molecule is O=C1c2ccccc2C(Br)(Br)C12C(=O)c1ccccc1C2(Br)Br. The predicted molar refractivity (Wildman–Crippen MR) is 103 cm³/mol. The van der Waals surface area contributed by atoms with E-state index in [1.807, 2.05) is 36.4 Å². The molecule has 2 aromatic rings. The number of alkyl halides is 4. The van der Waals surface area contributed by atoms with Crippen LogP contribution < -0.4 is 0 Å². The second-order valence-electron chi connectivity index (χ2n) is 5.65. The van der Waals surface area contributed by atoms with E-state index in [0.717, 1.165) is 11.1 Å². The molecule has 0 radical (unpaired) electrons. The van der Waals surface area contributed by atoms with Gasteiger partial charge in [0.1, 0.15) is 6.47 Å². The van der Waals surface area contributed by atoms with E-state index in [-0.39, 0.29) is 11.6 Å². The monoisotopic (exact) mass is 560 g/mol. The Morgan fingerprint density at radius 1 is 0.609 bits per heavy atom. The zero-order valence-electron chi connectivity index (χ0n) is 11.4. The largest absolute Gasteiger partial charge is 0.293 e. The molecule has 2 aliphatic rings. The van der Waals surface area contributed by atoms with Crippen LogP contribution in [-0.2, 0) is 6.47 Å². The molecule has 2 aromatic carbocycles. The van der Waals surface area contributed by atoms with Crippen molar-refractivity contribution in [3.63, 3.8) is 0 Å². The third-order valence-electron chi connectivity index (χ3n) is 4.64. The maximum Gasteiger partial charge on any atom is 0.182 e. The quantitative estimate of drug-likeness (QED) is 0.307. The van der Waals surface area contributed by atoms with E-state index in [2.05, 4.69) is 63.7 Å². The van der Waals surface area contributed by atoms with Gasteiger partial charge >= 0.3 is 0 Å². The summed E-state index contributed by atoms with van der Waals surface area (Å²) in [4.78, 5) is 26.8. The first kappa shape index (κ1) is 16.2. The minimum atomic E-state index is -1.40. The maximum atomic E-state index is 13.4. The zero-order valence-corrected chi connectivity index (χ0v) is 17.8. The molecule has 0 heterocycles. The van der Waals surface area contributed by atoms with Crippen LogP contribution in [-0.4, -0.2) is 11.6 Å². The number of benzene rings is 2. The highest BCUT2D eigenvalue weighted by Crippen LogP contribution is 2.74. The fourth-order valence-electron chi connectivity index (χ4n) is 3.59. The lowest BCUT2D eigenvalue weighted by Gasteiger charge is -2.40. The molecule has 2 nitrogen and oxygen atoms in total. The minimum absolute atomic E-state index is 0.211. The van der Waals surface area contributed by atoms with Gasteiger partial charge in [-0.3, -0.25) is 9.59 Å². The summed E-state index contributed by atoms with van der Waals surface area (Å²) in [6.07, 6.45) is 0. The van der Waals surface area contributed by atoms with E-state index >= 15 is 0 Å². The van der Waals surface area contributed by atoms with Crippen molar-refractivity contribution in [3.8, 4) is 0 Å². The van der Waals surface area contributed by atoms with Crippen LogP contribution in [0, 0.1) is 5.41 Å². The van der Waals surface area contributed by atoms with Crippen molar-refractivity contribution in [3.05, 3.63) is 70.8 Å². The molecule has 0 unspecified atom stereocenters. The van der Waals surface area contributed by atoms with Crippen LogP contribution in [0.15, 0.2) is 48.5 Å². The van der Waals surface area contributed by atoms with Gasteiger partial charge in [-0.2, -0.15) is 0 Å². The van der Waals surface area contributed by atoms with Crippen LogP contribution in [0.25, 0.3) is 0 Å². The summed E-state index contributed by atoms with van der Waals surface area (Å²) >= 11 is 14.6. The first-order valence-electron chi connectivity index (χ1n) is 6.82. The van der Waals surface area contributed by atoms with Gasteiger partial charge in [0.2, 0.25) is 0 Å². The van der Waals surface area contributed by atoms with Gasteiger partial charge in [0, 0.05) is 11.1 Å². The third-order valence-corrected chi connectivity index (χ3v) is 8.73. The summed E-state index contributed by atoms with van der Waals surface area (Å²) in [5, 5.41) is 0. The van der Waals surface area contributed by atoms with Gasteiger partial charge in [0.05, 0.1) is 0 Å². The molecule has 0 amide bonds. The molecule has 0 saturated heterocycles. The smallest absolute Gasteiger partial charge is 0.182 e. The molecule has 23 heavy (non-hydrogen) atoms. The summed E-state index contributed by atoms with van der Waals surface area (Å²) in [7, 11) is 0. The Morgan fingerprint density at radius 2 is 0.957 bits per heavy atom. The number of carbonyl (C=O) groups excluding carboxylic acids is 2. The van der Waals surface area contributed by atoms with Crippen LogP contribution >= 0.6 is 63.7 Å². The zero-order chi connectivity index (χ0) is 16.6. The van der Waals surface area contributed by atoms with Crippen molar-refractivity contribution in [1.29, 1.82) is 0 Å². The Hall–Kier alpha value is -0.300. The lowest BCUT2D eigenvalue weighted by atomic mass is 9.79. The molecule has 0 atom stereocenters. The number of halogens is 4. The van der Waals surface area contributed by atoms with Crippen molar-refractivity contribution in [2.45, 2.75) is 6.47 Å². The molecule has 0 N–H and O–H groups in total. The van der Waals surface area contributed by atoms with E-state index in [0.29, 0.717) is 11.1 Å². The summed E-state index contributed by atoms with van der Waals surface area (Å²) in [6.45, 7) is 0. The van der Waals surface area contributed by atoms with Gasteiger partial charge in [-0.05, 0) is 11.1 Å². The topological polar surface area (TPSA) is 34.1 Å². The second kappa shape index (κ2) is 4.87. The molecule has 4 rings (SSSR count). The number of hydrogen-bond acceptors (Lipinski definition) is 2. The average molecular weight is 564 g/mol. The van der Waals surface area contributed by atoms with Crippen molar-refractivity contribution in [2.24, 2.45) is 5.41 Å². The van der Waals surface area contributed by atoms with Crippen molar-refractivity contribution in [1.82, 2.24) is 0 Å². The van der Waals surface area contributed by atoms with Crippen LogP contribution in [0.4, 0.5) is 0 Å². The molecule has 6 heteroatoms. The summed E-state index contributed by atoms with van der Waals surface area (Å²) in [5.41, 5.74) is 1.22. The van der Waals surface area contributed by atoms with Gasteiger partial charge in [-0.1, -0.05) is 112 Å². The van der Waals surface area contributed by atoms with Gasteiger partial charge < -0.3 is 0 Å². The van der Waals surface area contributed by atoms with Crippen LogP contribution in [0.1, 0.15) is 31.8 Å². The molecule has 0 bridgehead atoms. The second-order valence-corrected chi connectivity index (χ2v) is 12.5. The predicted octanol–water partition coefficient (Wildman–Crippen LogP) is 5.65. The summed E-state index contributed by atoms with van der Waals surface area (Å²) in [5.74, 6) is -0.423. The van der Waals surface area contributed by atoms with Gasteiger partial charge in [-0.25, -0.2) is 0 Å². The third kappa shape index (κ3) is 1.64. The van der Waals surface area contributed by atoms with E-state index in [9.17, 15) is 9.59 Å². The van der Waals surface area contributed by atoms with E-state index in [1.165, 1.54) is 0 Å². The van der Waals surface area contributed by atoms with Crippen molar-refractivity contribution in [2.75, 3.05) is 0 Å². The molecule has 1 spiro atoms. The Bertz CT molecular complexity index is 812. The number of hydrogen-bond donors (Lipinski definition) is 0. The molecule has 0 aliphatic heterocycles. The summed E-state index contributed by atoms with van der Waals surface area (Å²) < 4.78 is -2.02. The molecular weight excluding hydrogens is 556 g/mol. The highest BCUT2D eigenvalue weighted by Gasteiger charge is 2.77. The number of carbonyl (C=O) groups is 2. The Kier molecular flexibility index (Phi) is 3.43. The molecular formula is C17H8Br4O2. The number of ketones is 2. The fourth-order valence-corrected chi connectivity index (χ4v) is 8.67. The van der Waals surface area contributed by atoms with Gasteiger partial charge in [-0.15, -0.1) is 0 Å². The fraction of sp³-hybridized carbons (Fsp3) is 0.176. The highest BCUT2D eigenvalue weighted by atomic mass is 79.9. The maximum absolute atomic E-state index is 13.4.